The summed E-state index contributed by atoms with van der Waals surface area (Å²) in [5, 5.41) is 5.49. The van der Waals surface area contributed by atoms with Crippen LogP contribution in [0.15, 0.2) is 25.3 Å². The molecular weight excluding hydrogens is 164 g/mol. The molecule has 1 amide bonds. The van der Waals surface area contributed by atoms with Crippen molar-refractivity contribution in [3.8, 4) is 0 Å². The zero-order valence-electron chi connectivity index (χ0n) is 8.38. The lowest BCUT2D eigenvalue weighted by molar-refractivity contribution is -0.109. The molecule has 13 heavy (non-hydrogen) atoms. The minimum Gasteiger partial charge on any atom is -0.358 e. The largest absolute Gasteiger partial charge is 0.358 e. The Balaban J connectivity index is 0. The van der Waals surface area contributed by atoms with Crippen molar-refractivity contribution in [2.45, 2.75) is 12.8 Å². The number of carbonyl (C=O) groups excluding carboxylic acids is 1. The molecule has 76 valence electrons. The van der Waals surface area contributed by atoms with Crippen molar-refractivity contribution in [3.63, 3.8) is 0 Å². The molecule has 0 aromatic rings. The molecule has 0 unspecified atom stereocenters. The summed E-state index contributed by atoms with van der Waals surface area (Å²) in [6.07, 6.45) is 6.26. The average Bonchev–Trinajstić information content (AvgIpc) is 2.17. The van der Waals surface area contributed by atoms with Gasteiger partial charge in [0.05, 0.1) is 0 Å². The van der Waals surface area contributed by atoms with Gasteiger partial charge >= 0.3 is 0 Å². The van der Waals surface area contributed by atoms with Crippen molar-refractivity contribution in [2.75, 3.05) is 20.1 Å². The van der Waals surface area contributed by atoms with E-state index < -0.39 is 0 Å². The van der Waals surface area contributed by atoms with E-state index in [-0.39, 0.29) is 0 Å². The van der Waals surface area contributed by atoms with E-state index in [1.165, 1.54) is 0 Å². The molecule has 0 bridgehead atoms. The molecule has 0 aromatic heterocycles. The van der Waals surface area contributed by atoms with Crippen molar-refractivity contribution in [1.29, 1.82) is 0 Å². The van der Waals surface area contributed by atoms with E-state index in [2.05, 4.69) is 23.8 Å². The molecule has 0 rings (SSSR count). The number of hydrogen-bond acceptors (Lipinski definition) is 2. The van der Waals surface area contributed by atoms with Crippen LogP contribution >= 0.6 is 0 Å². The van der Waals surface area contributed by atoms with Crippen LogP contribution in [0.5, 0.6) is 0 Å². The van der Waals surface area contributed by atoms with Gasteiger partial charge in [-0.15, -0.1) is 13.2 Å². The first kappa shape index (κ1) is 14.4. The molecule has 0 aliphatic rings. The fourth-order valence-electron chi connectivity index (χ4n) is 0.491. The molecule has 0 atom stereocenters. The van der Waals surface area contributed by atoms with Crippen molar-refractivity contribution < 1.29 is 4.79 Å². The lowest BCUT2D eigenvalue weighted by Crippen LogP contribution is -2.10. The molecule has 0 fully saturated rings. The van der Waals surface area contributed by atoms with Gasteiger partial charge in [-0.25, -0.2) is 0 Å². The van der Waals surface area contributed by atoms with Gasteiger partial charge in [-0.1, -0.05) is 12.2 Å². The number of hydrogen-bond donors (Lipinski definition) is 2. The summed E-state index contributed by atoms with van der Waals surface area (Å²) in [6, 6.07) is 0. The molecule has 0 radical (unpaired) electrons. The standard InChI is InChI=1S/C5H9NO.C5H11N/c1-2-3-4-6-5-7;1-3-4-5-6-2/h2,5H,1,3-4H2,(H,6,7);3,6H,1,4-5H2,2H3. The van der Waals surface area contributed by atoms with E-state index in [9.17, 15) is 4.79 Å². The van der Waals surface area contributed by atoms with E-state index in [0.717, 1.165) is 19.4 Å². The predicted octanol–water partition coefficient (Wildman–Crippen LogP) is 1.09. The zero-order valence-corrected chi connectivity index (χ0v) is 8.38. The average molecular weight is 184 g/mol. The minimum absolute atomic E-state index is 0.684. The first-order valence-electron chi connectivity index (χ1n) is 4.36. The van der Waals surface area contributed by atoms with Crippen LogP contribution < -0.4 is 10.6 Å². The first-order chi connectivity index (χ1) is 6.33. The highest BCUT2D eigenvalue weighted by Crippen LogP contribution is 1.71. The highest BCUT2D eigenvalue weighted by Gasteiger charge is 1.72. The number of carbonyl (C=O) groups is 1. The quantitative estimate of drug-likeness (QED) is 0.353. The fraction of sp³-hybridized carbons (Fsp3) is 0.500. The maximum Gasteiger partial charge on any atom is 0.207 e. The van der Waals surface area contributed by atoms with Crippen LogP contribution in [-0.2, 0) is 4.79 Å². The second-order valence-electron chi connectivity index (χ2n) is 2.33. The van der Waals surface area contributed by atoms with E-state index in [0.29, 0.717) is 13.0 Å². The van der Waals surface area contributed by atoms with Gasteiger partial charge in [-0.2, -0.15) is 0 Å². The molecule has 0 saturated heterocycles. The summed E-state index contributed by atoms with van der Waals surface area (Å²) in [5.74, 6) is 0. The van der Waals surface area contributed by atoms with Gasteiger partial charge in [0.1, 0.15) is 0 Å². The van der Waals surface area contributed by atoms with Gasteiger partial charge in [0, 0.05) is 6.54 Å². The maximum absolute atomic E-state index is 9.53. The molecule has 0 aliphatic carbocycles. The zero-order chi connectivity index (χ0) is 10.4. The van der Waals surface area contributed by atoms with E-state index in [1.807, 2.05) is 13.1 Å². The van der Waals surface area contributed by atoms with Crippen molar-refractivity contribution in [3.05, 3.63) is 25.3 Å². The summed E-state index contributed by atoms with van der Waals surface area (Å²) in [4.78, 5) is 9.53. The van der Waals surface area contributed by atoms with Crippen LogP contribution in [0.2, 0.25) is 0 Å². The summed E-state index contributed by atoms with van der Waals surface area (Å²) in [5.41, 5.74) is 0. The smallest absolute Gasteiger partial charge is 0.207 e. The van der Waals surface area contributed by atoms with E-state index in [1.54, 1.807) is 6.08 Å². The van der Waals surface area contributed by atoms with Crippen LogP contribution in [0.25, 0.3) is 0 Å². The molecular formula is C10H20N2O. The van der Waals surface area contributed by atoms with Crippen molar-refractivity contribution in [1.82, 2.24) is 10.6 Å². The topological polar surface area (TPSA) is 41.1 Å². The van der Waals surface area contributed by atoms with Gasteiger partial charge in [0.25, 0.3) is 0 Å². The van der Waals surface area contributed by atoms with Crippen LogP contribution in [0.4, 0.5) is 0 Å². The monoisotopic (exact) mass is 184 g/mol. The Labute approximate surface area is 80.9 Å². The highest BCUT2D eigenvalue weighted by atomic mass is 16.1. The van der Waals surface area contributed by atoms with Crippen LogP contribution in [-0.4, -0.2) is 26.5 Å². The van der Waals surface area contributed by atoms with Gasteiger partial charge < -0.3 is 10.6 Å². The van der Waals surface area contributed by atoms with Crippen molar-refractivity contribution >= 4 is 6.41 Å². The summed E-state index contributed by atoms with van der Waals surface area (Å²) < 4.78 is 0. The molecule has 0 aliphatic heterocycles. The Morgan fingerprint density at radius 2 is 1.69 bits per heavy atom. The Kier molecular flexibility index (Phi) is 19.0. The first-order valence-corrected chi connectivity index (χ1v) is 4.36. The molecule has 2 N–H and O–H groups in total. The summed E-state index contributed by atoms with van der Waals surface area (Å²) in [7, 11) is 1.93. The van der Waals surface area contributed by atoms with Crippen molar-refractivity contribution in [2.24, 2.45) is 0 Å². The summed E-state index contributed by atoms with van der Waals surface area (Å²) in [6.45, 7) is 8.78. The van der Waals surface area contributed by atoms with Crippen LogP contribution in [0.3, 0.4) is 0 Å². The van der Waals surface area contributed by atoms with Gasteiger partial charge in [0.15, 0.2) is 0 Å². The molecule has 0 saturated carbocycles. The van der Waals surface area contributed by atoms with Crippen LogP contribution in [0, 0.1) is 0 Å². The Morgan fingerprint density at radius 3 is 2.00 bits per heavy atom. The van der Waals surface area contributed by atoms with E-state index >= 15 is 0 Å². The second-order valence-corrected chi connectivity index (χ2v) is 2.33. The predicted molar refractivity (Wildman–Crippen MR) is 57.6 cm³/mol. The van der Waals surface area contributed by atoms with E-state index in [4.69, 9.17) is 0 Å². The minimum atomic E-state index is 0.684. The second kappa shape index (κ2) is 17.1. The third-order valence-corrected chi connectivity index (χ3v) is 1.17. The third kappa shape index (κ3) is 24.8. The third-order valence-electron chi connectivity index (χ3n) is 1.17. The number of nitrogens with one attached hydrogen (secondary N) is 2. The van der Waals surface area contributed by atoms with Gasteiger partial charge in [-0.05, 0) is 26.4 Å². The number of amides is 1. The lowest BCUT2D eigenvalue weighted by atomic mass is 10.4. The van der Waals surface area contributed by atoms with Gasteiger partial charge in [0.2, 0.25) is 6.41 Å². The fourth-order valence-corrected chi connectivity index (χ4v) is 0.491. The SMILES string of the molecule is C=CCCNC.C=CCCNC=O. The van der Waals surface area contributed by atoms with Crippen LogP contribution in [0.1, 0.15) is 12.8 Å². The molecule has 3 heteroatoms. The maximum atomic E-state index is 9.53. The number of rotatable bonds is 7. The molecule has 3 nitrogen and oxygen atoms in total. The lowest BCUT2D eigenvalue weighted by Gasteiger charge is -1.87. The molecule has 0 spiro atoms. The normalized spacial score (nSPS) is 7.77. The Bertz CT molecular complexity index is 116. The highest BCUT2D eigenvalue weighted by molar-refractivity contribution is 5.45. The van der Waals surface area contributed by atoms with Gasteiger partial charge in [-0.3, -0.25) is 4.79 Å². The Hall–Kier alpha value is -1.09. The Morgan fingerprint density at radius 1 is 1.15 bits per heavy atom. The summed E-state index contributed by atoms with van der Waals surface area (Å²) >= 11 is 0. The molecule has 0 heterocycles. The molecule has 0 aromatic carbocycles.